The number of nitrogens with one attached hydrogen (secondary N) is 1. The van der Waals surface area contributed by atoms with Crippen LogP contribution in [0.5, 0.6) is 0 Å². The van der Waals surface area contributed by atoms with E-state index in [9.17, 15) is 14.0 Å². The molecule has 0 bridgehead atoms. The molecule has 0 aliphatic carbocycles. The third-order valence-corrected chi connectivity index (χ3v) is 2.44. The minimum absolute atomic E-state index is 0.0763. The van der Waals surface area contributed by atoms with Crippen molar-refractivity contribution in [2.24, 2.45) is 0 Å². The van der Waals surface area contributed by atoms with E-state index in [4.69, 9.17) is 16.7 Å². The summed E-state index contributed by atoms with van der Waals surface area (Å²) in [4.78, 5) is 22.2. The number of amides is 1. The second-order valence-electron chi connectivity index (χ2n) is 3.46. The molecule has 0 aliphatic heterocycles. The average molecular weight is 285 g/mol. The molecule has 1 aromatic carbocycles. The fraction of sp³-hybridized carbons (Fsp3) is 0. The second-order valence-corrected chi connectivity index (χ2v) is 3.87. The van der Waals surface area contributed by atoms with Gasteiger partial charge in [0, 0.05) is 11.8 Å². The van der Waals surface area contributed by atoms with Gasteiger partial charge in [-0.25, -0.2) is 9.18 Å². The van der Waals surface area contributed by atoms with E-state index >= 15 is 0 Å². The van der Waals surface area contributed by atoms with Gasteiger partial charge in [-0.05, 0) is 18.2 Å². The molecule has 1 aromatic heterocycles. The van der Waals surface area contributed by atoms with Crippen molar-refractivity contribution in [3.63, 3.8) is 0 Å². The minimum Gasteiger partial charge on any atom is -0.475 e. The van der Waals surface area contributed by atoms with Gasteiger partial charge in [-0.3, -0.25) is 4.79 Å². The van der Waals surface area contributed by atoms with Crippen LogP contribution in [0.25, 0.3) is 0 Å². The number of carbonyl (C=O) groups is 2. The molecule has 0 saturated heterocycles. The van der Waals surface area contributed by atoms with Crippen LogP contribution in [0.15, 0.2) is 28.8 Å². The summed E-state index contributed by atoms with van der Waals surface area (Å²) in [5.41, 5.74) is -0.0699. The molecular formula is C11H6ClFN2O4. The van der Waals surface area contributed by atoms with Crippen LogP contribution in [0.1, 0.15) is 21.0 Å². The van der Waals surface area contributed by atoms with E-state index in [1.165, 1.54) is 12.1 Å². The molecule has 0 unspecified atom stereocenters. The molecule has 98 valence electrons. The van der Waals surface area contributed by atoms with Gasteiger partial charge in [0.05, 0.1) is 5.02 Å². The molecule has 2 N–H and O–H groups in total. The summed E-state index contributed by atoms with van der Waals surface area (Å²) in [5.74, 6) is -3.22. The maximum atomic E-state index is 13.1. The highest BCUT2D eigenvalue weighted by Crippen LogP contribution is 2.19. The van der Waals surface area contributed by atoms with Gasteiger partial charge in [-0.2, -0.15) is 0 Å². The Bertz CT molecular complexity index is 656. The molecule has 1 heterocycles. The zero-order valence-corrected chi connectivity index (χ0v) is 9.94. The molecule has 0 radical (unpaired) electrons. The predicted molar refractivity (Wildman–Crippen MR) is 62.8 cm³/mol. The van der Waals surface area contributed by atoms with Crippen molar-refractivity contribution in [3.8, 4) is 0 Å². The zero-order chi connectivity index (χ0) is 14.0. The Hall–Kier alpha value is -2.41. The maximum absolute atomic E-state index is 13.1. The molecule has 2 rings (SSSR count). The Kier molecular flexibility index (Phi) is 3.48. The number of carboxylic acids is 1. The highest BCUT2D eigenvalue weighted by atomic mass is 35.5. The van der Waals surface area contributed by atoms with E-state index < -0.39 is 23.5 Å². The van der Waals surface area contributed by atoms with E-state index in [-0.39, 0.29) is 16.4 Å². The third kappa shape index (κ3) is 2.89. The van der Waals surface area contributed by atoms with E-state index in [0.717, 1.165) is 12.1 Å². The van der Waals surface area contributed by atoms with Crippen LogP contribution in [0, 0.1) is 5.82 Å². The third-order valence-electron chi connectivity index (χ3n) is 2.13. The van der Waals surface area contributed by atoms with Crippen molar-refractivity contribution in [2.75, 3.05) is 5.32 Å². The largest absolute Gasteiger partial charge is 0.475 e. The summed E-state index contributed by atoms with van der Waals surface area (Å²) >= 11 is 5.49. The SMILES string of the molecule is O=C(Nc1ccc(Cl)c(F)c1)c1cc(C(=O)O)on1. The molecule has 0 spiro atoms. The Balaban J connectivity index is 2.15. The van der Waals surface area contributed by atoms with E-state index in [2.05, 4.69) is 15.0 Å². The Labute approximate surface area is 110 Å². The molecule has 6 nitrogen and oxygen atoms in total. The van der Waals surface area contributed by atoms with E-state index in [0.29, 0.717) is 0 Å². The molecule has 0 saturated carbocycles. The van der Waals surface area contributed by atoms with E-state index in [1.807, 2.05) is 0 Å². The van der Waals surface area contributed by atoms with Crippen LogP contribution in [0.3, 0.4) is 0 Å². The first-order valence-electron chi connectivity index (χ1n) is 4.94. The average Bonchev–Trinajstić information content (AvgIpc) is 2.83. The number of nitrogens with zero attached hydrogens (tertiary/aromatic N) is 1. The van der Waals surface area contributed by atoms with Gasteiger partial charge in [0.15, 0.2) is 5.69 Å². The van der Waals surface area contributed by atoms with Crippen LogP contribution in [-0.4, -0.2) is 22.1 Å². The van der Waals surface area contributed by atoms with Crippen LogP contribution in [0.4, 0.5) is 10.1 Å². The molecule has 2 aromatic rings. The molecule has 0 fully saturated rings. The first kappa shape index (κ1) is 13.0. The first-order valence-corrected chi connectivity index (χ1v) is 5.31. The lowest BCUT2D eigenvalue weighted by Crippen LogP contribution is -2.12. The van der Waals surface area contributed by atoms with Crippen molar-refractivity contribution >= 4 is 29.2 Å². The summed E-state index contributed by atoms with van der Waals surface area (Å²) in [6.07, 6.45) is 0. The lowest BCUT2D eigenvalue weighted by molar-refractivity contribution is 0.0651. The number of aromatic nitrogens is 1. The quantitative estimate of drug-likeness (QED) is 0.903. The Morgan fingerprint density at radius 2 is 2.11 bits per heavy atom. The highest BCUT2D eigenvalue weighted by molar-refractivity contribution is 6.30. The zero-order valence-electron chi connectivity index (χ0n) is 9.18. The summed E-state index contributed by atoms with van der Waals surface area (Å²) < 4.78 is 17.6. The van der Waals surface area contributed by atoms with Crippen molar-refractivity contribution < 1.29 is 23.6 Å². The summed E-state index contributed by atoms with van der Waals surface area (Å²) in [6, 6.07) is 4.65. The van der Waals surface area contributed by atoms with E-state index in [1.54, 1.807) is 0 Å². The van der Waals surface area contributed by atoms with Crippen LogP contribution in [-0.2, 0) is 0 Å². The molecule has 19 heavy (non-hydrogen) atoms. The van der Waals surface area contributed by atoms with Gasteiger partial charge < -0.3 is 14.9 Å². The van der Waals surface area contributed by atoms with Crippen LogP contribution in [0.2, 0.25) is 5.02 Å². The predicted octanol–water partition coefficient (Wildman–Crippen LogP) is 2.42. The molecule has 8 heteroatoms. The Morgan fingerprint density at radius 1 is 1.37 bits per heavy atom. The monoisotopic (exact) mass is 284 g/mol. The number of carboxylic acid groups (broad SMARTS) is 1. The standard InChI is InChI=1S/C11H6ClFN2O4/c12-6-2-1-5(3-7(6)13)14-10(16)8-4-9(11(17)18)19-15-8/h1-4H,(H,14,16)(H,17,18). The normalized spacial score (nSPS) is 10.2. The second kappa shape index (κ2) is 5.07. The molecule has 0 aliphatic rings. The fourth-order valence-electron chi connectivity index (χ4n) is 1.25. The van der Waals surface area contributed by atoms with Crippen LogP contribution >= 0.6 is 11.6 Å². The van der Waals surface area contributed by atoms with Crippen LogP contribution < -0.4 is 5.32 Å². The summed E-state index contributed by atoms with van der Waals surface area (Å²) in [7, 11) is 0. The van der Waals surface area contributed by atoms with Gasteiger partial charge in [-0.1, -0.05) is 16.8 Å². The lowest BCUT2D eigenvalue weighted by atomic mass is 10.3. The first-order chi connectivity index (χ1) is 8.97. The number of anilines is 1. The number of hydrogen-bond donors (Lipinski definition) is 2. The van der Waals surface area contributed by atoms with Gasteiger partial charge in [0.25, 0.3) is 5.91 Å². The molecule has 1 amide bonds. The number of halogens is 2. The molecular weight excluding hydrogens is 279 g/mol. The number of carbonyl (C=O) groups excluding carboxylic acids is 1. The number of benzene rings is 1. The number of aromatic carboxylic acids is 1. The maximum Gasteiger partial charge on any atom is 0.374 e. The Morgan fingerprint density at radius 3 is 2.68 bits per heavy atom. The van der Waals surface area contributed by atoms with Gasteiger partial charge in [-0.15, -0.1) is 0 Å². The summed E-state index contributed by atoms with van der Waals surface area (Å²) in [6.45, 7) is 0. The highest BCUT2D eigenvalue weighted by Gasteiger charge is 2.16. The van der Waals surface area contributed by atoms with Crippen molar-refractivity contribution in [3.05, 3.63) is 46.6 Å². The molecule has 0 atom stereocenters. The fourth-order valence-corrected chi connectivity index (χ4v) is 1.37. The minimum atomic E-state index is -1.34. The van der Waals surface area contributed by atoms with Gasteiger partial charge in [0.2, 0.25) is 5.76 Å². The lowest BCUT2D eigenvalue weighted by Gasteiger charge is -2.03. The van der Waals surface area contributed by atoms with Crippen molar-refractivity contribution in [1.82, 2.24) is 5.16 Å². The van der Waals surface area contributed by atoms with Gasteiger partial charge in [0.1, 0.15) is 5.82 Å². The number of rotatable bonds is 3. The summed E-state index contributed by atoms with van der Waals surface area (Å²) in [5, 5.41) is 14.1. The van der Waals surface area contributed by atoms with Gasteiger partial charge >= 0.3 is 5.97 Å². The smallest absolute Gasteiger partial charge is 0.374 e. The number of hydrogen-bond acceptors (Lipinski definition) is 4. The van der Waals surface area contributed by atoms with Crippen molar-refractivity contribution in [1.29, 1.82) is 0 Å². The van der Waals surface area contributed by atoms with Crippen molar-refractivity contribution in [2.45, 2.75) is 0 Å². The topological polar surface area (TPSA) is 92.4 Å².